The van der Waals surface area contributed by atoms with E-state index in [2.05, 4.69) is 21.3 Å². The molecule has 1 aliphatic carbocycles. The third-order valence-corrected chi connectivity index (χ3v) is 4.82. The number of amides is 1. The van der Waals surface area contributed by atoms with Gasteiger partial charge in [-0.05, 0) is 43.9 Å². The molecule has 1 N–H and O–H groups in total. The van der Waals surface area contributed by atoms with Crippen molar-refractivity contribution in [1.29, 1.82) is 0 Å². The molecule has 2 aliphatic rings. The predicted molar refractivity (Wildman–Crippen MR) is 82.6 cm³/mol. The van der Waals surface area contributed by atoms with Gasteiger partial charge in [-0.2, -0.15) is 0 Å². The number of nitrogens with one attached hydrogen (secondary N) is 1. The first-order valence-corrected chi connectivity index (χ1v) is 8.25. The van der Waals surface area contributed by atoms with Crippen LogP contribution in [-0.4, -0.2) is 34.9 Å². The second-order valence-corrected chi connectivity index (χ2v) is 6.29. The molecule has 1 saturated carbocycles. The Hall–Kier alpha value is -1.42. The van der Waals surface area contributed by atoms with Crippen LogP contribution in [0, 0.1) is 5.92 Å². The summed E-state index contributed by atoms with van der Waals surface area (Å²) in [6.07, 6.45) is 10.6. The minimum atomic E-state index is 0.180. The average Bonchev–Trinajstić information content (AvgIpc) is 2.99. The van der Waals surface area contributed by atoms with Crippen LogP contribution in [0.3, 0.4) is 0 Å². The molecule has 1 amide bonds. The van der Waals surface area contributed by atoms with E-state index in [0.29, 0.717) is 6.04 Å². The molecule has 0 bridgehead atoms. The lowest BCUT2D eigenvalue weighted by Crippen LogP contribution is -2.45. The van der Waals surface area contributed by atoms with Gasteiger partial charge in [0.1, 0.15) is 0 Å². The maximum Gasteiger partial charge on any atom is 0.224 e. The maximum atomic E-state index is 12.4. The van der Waals surface area contributed by atoms with E-state index in [1.807, 2.05) is 18.5 Å². The summed E-state index contributed by atoms with van der Waals surface area (Å²) in [7, 11) is 0. The number of hydrogen-bond donors (Lipinski definition) is 1. The van der Waals surface area contributed by atoms with E-state index in [1.54, 1.807) is 0 Å². The summed E-state index contributed by atoms with van der Waals surface area (Å²) in [6, 6.07) is 4.54. The fourth-order valence-corrected chi connectivity index (χ4v) is 3.73. The fraction of sp³-hybridized carbons (Fsp3) is 0.647. The molecule has 1 aromatic heterocycles. The molecule has 1 aromatic rings. The van der Waals surface area contributed by atoms with Crippen LogP contribution < -0.4 is 5.32 Å². The molecule has 1 aliphatic heterocycles. The SMILES string of the molecule is O=C1NCCCCCN(Cc2cccnc2)C2CCCC12. The lowest BCUT2D eigenvalue weighted by molar-refractivity contribution is -0.126. The molecule has 2 fully saturated rings. The highest BCUT2D eigenvalue weighted by atomic mass is 16.1. The van der Waals surface area contributed by atoms with Crippen molar-refractivity contribution in [3.05, 3.63) is 30.1 Å². The zero-order chi connectivity index (χ0) is 14.5. The molecule has 21 heavy (non-hydrogen) atoms. The van der Waals surface area contributed by atoms with Crippen molar-refractivity contribution < 1.29 is 4.79 Å². The number of nitrogens with zero attached hydrogens (tertiary/aromatic N) is 2. The van der Waals surface area contributed by atoms with Crippen molar-refractivity contribution in [2.75, 3.05) is 13.1 Å². The summed E-state index contributed by atoms with van der Waals surface area (Å²) in [4.78, 5) is 19.1. The van der Waals surface area contributed by atoms with E-state index in [1.165, 1.54) is 24.8 Å². The van der Waals surface area contributed by atoms with E-state index in [4.69, 9.17) is 0 Å². The lowest BCUT2D eigenvalue weighted by atomic mass is 9.99. The Morgan fingerprint density at radius 2 is 2.19 bits per heavy atom. The van der Waals surface area contributed by atoms with E-state index < -0.39 is 0 Å². The number of carbonyl (C=O) groups excluding carboxylic acids is 1. The summed E-state index contributed by atoms with van der Waals surface area (Å²) in [5.41, 5.74) is 1.25. The summed E-state index contributed by atoms with van der Waals surface area (Å²) >= 11 is 0. The third-order valence-electron chi connectivity index (χ3n) is 4.82. The summed E-state index contributed by atoms with van der Waals surface area (Å²) in [6.45, 7) is 2.87. The normalized spacial score (nSPS) is 27.9. The van der Waals surface area contributed by atoms with Crippen molar-refractivity contribution >= 4 is 5.91 Å². The molecule has 114 valence electrons. The minimum absolute atomic E-state index is 0.180. The standard InChI is InChI=1S/C17H25N3O/c21-17-15-7-4-8-16(15)20(11-3-1-2-10-19-17)13-14-6-5-9-18-12-14/h5-6,9,12,15-16H,1-4,7-8,10-11,13H2,(H,19,21). The van der Waals surface area contributed by atoms with Crippen molar-refractivity contribution in [2.45, 2.75) is 51.1 Å². The zero-order valence-electron chi connectivity index (χ0n) is 12.6. The highest BCUT2D eigenvalue weighted by Crippen LogP contribution is 2.31. The first-order valence-electron chi connectivity index (χ1n) is 8.25. The van der Waals surface area contributed by atoms with Gasteiger partial charge in [-0.1, -0.05) is 18.9 Å². The largest absolute Gasteiger partial charge is 0.356 e. The smallest absolute Gasteiger partial charge is 0.224 e. The van der Waals surface area contributed by atoms with Gasteiger partial charge < -0.3 is 5.32 Å². The van der Waals surface area contributed by atoms with Gasteiger partial charge in [0.15, 0.2) is 0 Å². The van der Waals surface area contributed by atoms with Gasteiger partial charge in [0, 0.05) is 31.5 Å². The Morgan fingerprint density at radius 3 is 3.05 bits per heavy atom. The molecule has 0 radical (unpaired) electrons. The summed E-state index contributed by atoms with van der Waals surface area (Å²) in [5, 5.41) is 3.13. The minimum Gasteiger partial charge on any atom is -0.356 e. The first kappa shape index (κ1) is 14.5. The van der Waals surface area contributed by atoms with Gasteiger partial charge in [0.25, 0.3) is 0 Å². The maximum absolute atomic E-state index is 12.4. The van der Waals surface area contributed by atoms with E-state index in [-0.39, 0.29) is 11.8 Å². The molecular formula is C17H25N3O. The van der Waals surface area contributed by atoms with Crippen molar-refractivity contribution in [3.8, 4) is 0 Å². The van der Waals surface area contributed by atoms with Crippen LogP contribution in [0.15, 0.2) is 24.5 Å². The van der Waals surface area contributed by atoms with Crippen molar-refractivity contribution in [1.82, 2.24) is 15.2 Å². The van der Waals surface area contributed by atoms with Gasteiger partial charge in [-0.25, -0.2) is 0 Å². The van der Waals surface area contributed by atoms with Crippen LogP contribution in [0.5, 0.6) is 0 Å². The molecule has 0 aromatic carbocycles. The highest BCUT2D eigenvalue weighted by molar-refractivity contribution is 5.79. The molecule has 1 saturated heterocycles. The van der Waals surface area contributed by atoms with E-state index >= 15 is 0 Å². The van der Waals surface area contributed by atoms with Gasteiger partial charge in [-0.15, -0.1) is 0 Å². The van der Waals surface area contributed by atoms with Crippen LogP contribution in [0.4, 0.5) is 0 Å². The van der Waals surface area contributed by atoms with Crippen LogP contribution in [-0.2, 0) is 11.3 Å². The quantitative estimate of drug-likeness (QED) is 0.908. The van der Waals surface area contributed by atoms with E-state index in [9.17, 15) is 4.79 Å². The highest BCUT2D eigenvalue weighted by Gasteiger charge is 2.36. The molecule has 2 unspecified atom stereocenters. The van der Waals surface area contributed by atoms with Gasteiger partial charge in [-0.3, -0.25) is 14.7 Å². The number of hydrogen-bond acceptors (Lipinski definition) is 3. The van der Waals surface area contributed by atoms with Crippen LogP contribution >= 0.6 is 0 Å². The lowest BCUT2D eigenvalue weighted by Gasteiger charge is -2.33. The Morgan fingerprint density at radius 1 is 1.24 bits per heavy atom. The molecule has 4 nitrogen and oxygen atoms in total. The summed E-state index contributed by atoms with van der Waals surface area (Å²) < 4.78 is 0. The molecule has 4 heteroatoms. The van der Waals surface area contributed by atoms with Gasteiger partial charge in [0.05, 0.1) is 5.92 Å². The van der Waals surface area contributed by atoms with Crippen molar-refractivity contribution in [3.63, 3.8) is 0 Å². The van der Waals surface area contributed by atoms with Crippen LogP contribution in [0.1, 0.15) is 44.1 Å². The fourth-order valence-electron chi connectivity index (χ4n) is 3.73. The molecule has 0 spiro atoms. The van der Waals surface area contributed by atoms with E-state index in [0.717, 1.165) is 38.9 Å². The molecular weight excluding hydrogens is 262 g/mol. The number of pyridine rings is 1. The second-order valence-electron chi connectivity index (χ2n) is 6.29. The predicted octanol–water partition coefficient (Wildman–Crippen LogP) is 2.35. The molecule has 2 heterocycles. The van der Waals surface area contributed by atoms with Gasteiger partial charge in [0.2, 0.25) is 5.91 Å². The second kappa shape index (κ2) is 7.03. The molecule has 3 rings (SSSR count). The Bertz CT molecular complexity index is 462. The first-order chi connectivity index (χ1) is 10.3. The third kappa shape index (κ3) is 3.62. The molecule has 2 atom stereocenters. The Balaban J connectivity index is 1.75. The average molecular weight is 287 g/mol. The summed E-state index contributed by atoms with van der Waals surface area (Å²) in [5.74, 6) is 0.454. The number of rotatable bonds is 2. The van der Waals surface area contributed by atoms with Crippen LogP contribution in [0.25, 0.3) is 0 Å². The number of fused-ring (bicyclic) bond motifs is 1. The van der Waals surface area contributed by atoms with Gasteiger partial charge >= 0.3 is 0 Å². The monoisotopic (exact) mass is 287 g/mol. The zero-order valence-corrected chi connectivity index (χ0v) is 12.6. The Kier molecular flexibility index (Phi) is 4.86. The van der Waals surface area contributed by atoms with Crippen molar-refractivity contribution in [2.24, 2.45) is 5.92 Å². The van der Waals surface area contributed by atoms with Crippen LogP contribution in [0.2, 0.25) is 0 Å². The number of carbonyl (C=O) groups is 1. The number of aromatic nitrogens is 1. The topological polar surface area (TPSA) is 45.2 Å². The Labute approximate surface area is 126 Å².